The highest BCUT2D eigenvalue weighted by atomic mass is 16.5. The van der Waals surface area contributed by atoms with Gasteiger partial charge in [0.25, 0.3) is 0 Å². The van der Waals surface area contributed by atoms with E-state index in [1.165, 1.54) is 19.1 Å². The monoisotopic (exact) mass is 274 g/mol. The van der Waals surface area contributed by atoms with Crippen LogP contribution in [0.3, 0.4) is 0 Å². The quantitative estimate of drug-likeness (QED) is 0.666. The lowest BCUT2D eigenvalue weighted by atomic mass is 10.1. The molecule has 0 radical (unpaired) electrons. The van der Waals surface area contributed by atoms with Crippen molar-refractivity contribution in [2.45, 2.75) is 32.7 Å². The van der Waals surface area contributed by atoms with Crippen LogP contribution in [-0.4, -0.2) is 54.7 Å². The number of carbonyl (C=O) groups is 3. The lowest BCUT2D eigenvalue weighted by molar-refractivity contribution is -0.145. The zero-order valence-corrected chi connectivity index (χ0v) is 11.8. The average Bonchev–Trinajstić information content (AvgIpc) is 2.36. The first kappa shape index (κ1) is 17.2. The highest BCUT2D eigenvalue weighted by molar-refractivity contribution is 5.82. The lowest BCUT2D eigenvalue weighted by Gasteiger charge is -2.23. The normalized spacial score (nSPS) is 13.3. The molecule has 0 aromatic heterocycles. The number of rotatable bonds is 7. The second-order valence-electron chi connectivity index (χ2n) is 4.43. The molecule has 0 saturated carbocycles. The van der Waals surface area contributed by atoms with Gasteiger partial charge in [-0.05, 0) is 6.42 Å². The van der Waals surface area contributed by atoms with Crippen molar-refractivity contribution in [3.8, 4) is 0 Å². The van der Waals surface area contributed by atoms with E-state index < -0.39 is 29.9 Å². The number of esters is 1. The Hall–Kier alpha value is -1.79. The Morgan fingerprint density at radius 3 is 2.37 bits per heavy atom. The fourth-order valence-electron chi connectivity index (χ4n) is 1.57. The molecule has 0 aromatic rings. The van der Waals surface area contributed by atoms with E-state index in [0.717, 1.165) is 0 Å². The van der Waals surface area contributed by atoms with Gasteiger partial charge in [0.1, 0.15) is 6.04 Å². The third-order valence-corrected chi connectivity index (χ3v) is 2.67. The smallest absolute Gasteiger partial charge is 0.326 e. The van der Waals surface area contributed by atoms with Gasteiger partial charge in [0.2, 0.25) is 0 Å². The first-order valence-electron chi connectivity index (χ1n) is 6.15. The van der Waals surface area contributed by atoms with Gasteiger partial charge < -0.3 is 20.1 Å². The van der Waals surface area contributed by atoms with Gasteiger partial charge in [0.05, 0.1) is 13.0 Å². The molecule has 0 aliphatic carbocycles. The highest BCUT2D eigenvalue weighted by Gasteiger charge is 2.23. The molecular formula is C12H22N2O5. The molecule has 0 rings (SSSR count). The van der Waals surface area contributed by atoms with Crippen molar-refractivity contribution in [1.82, 2.24) is 10.2 Å². The lowest BCUT2D eigenvalue weighted by Crippen LogP contribution is -2.48. The van der Waals surface area contributed by atoms with E-state index in [1.807, 2.05) is 6.92 Å². The number of hydrogen-bond donors (Lipinski definition) is 2. The summed E-state index contributed by atoms with van der Waals surface area (Å²) in [6.07, 6.45) is 1.01. The van der Waals surface area contributed by atoms with Gasteiger partial charge in [0, 0.05) is 13.6 Å². The molecule has 0 fully saturated rings. The molecule has 0 aliphatic heterocycles. The molecule has 7 nitrogen and oxygen atoms in total. The van der Waals surface area contributed by atoms with Crippen LogP contribution in [0.25, 0.3) is 0 Å². The maximum atomic E-state index is 11.8. The molecule has 7 heteroatoms. The van der Waals surface area contributed by atoms with Crippen LogP contribution in [0.2, 0.25) is 0 Å². The van der Waals surface area contributed by atoms with Gasteiger partial charge in [0.15, 0.2) is 0 Å². The number of aliphatic carboxylic acids is 1. The number of nitrogens with one attached hydrogen (secondary N) is 1. The molecule has 0 saturated heterocycles. The standard InChI is InChI=1S/C12H22N2O5/c1-5-6-9(10(15)16)13-12(18)14(3)7-8(2)11(17)19-4/h8-9H,5-7H2,1-4H3,(H,13,18)(H,15,16)/t8?,9-/m1/s1. The van der Waals surface area contributed by atoms with Crippen molar-refractivity contribution in [2.24, 2.45) is 5.92 Å². The topological polar surface area (TPSA) is 95.9 Å². The van der Waals surface area contributed by atoms with E-state index in [9.17, 15) is 14.4 Å². The van der Waals surface area contributed by atoms with Gasteiger partial charge in [-0.2, -0.15) is 0 Å². The van der Waals surface area contributed by atoms with Gasteiger partial charge in [-0.25, -0.2) is 9.59 Å². The summed E-state index contributed by atoms with van der Waals surface area (Å²) in [4.78, 5) is 35.2. The Balaban J connectivity index is 4.40. The number of hydrogen-bond acceptors (Lipinski definition) is 4. The number of carboxylic acid groups (broad SMARTS) is 1. The van der Waals surface area contributed by atoms with Crippen molar-refractivity contribution in [3.63, 3.8) is 0 Å². The Kier molecular flexibility index (Phi) is 7.55. The summed E-state index contributed by atoms with van der Waals surface area (Å²) in [5, 5.41) is 11.4. The Morgan fingerprint density at radius 2 is 1.95 bits per heavy atom. The van der Waals surface area contributed by atoms with Gasteiger partial charge in [-0.1, -0.05) is 20.3 Å². The van der Waals surface area contributed by atoms with E-state index in [4.69, 9.17) is 5.11 Å². The number of amides is 2. The largest absolute Gasteiger partial charge is 0.480 e. The van der Waals surface area contributed by atoms with Crippen molar-refractivity contribution in [3.05, 3.63) is 0 Å². The predicted molar refractivity (Wildman–Crippen MR) is 68.7 cm³/mol. The number of nitrogens with zero attached hydrogens (tertiary/aromatic N) is 1. The third-order valence-electron chi connectivity index (χ3n) is 2.67. The van der Waals surface area contributed by atoms with Crippen LogP contribution in [0.1, 0.15) is 26.7 Å². The molecule has 1 unspecified atom stereocenters. The van der Waals surface area contributed by atoms with Crippen LogP contribution in [0.4, 0.5) is 4.79 Å². The van der Waals surface area contributed by atoms with Crippen LogP contribution in [0.5, 0.6) is 0 Å². The number of methoxy groups -OCH3 is 1. The number of carbonyl (C=O) groups excluding carboxylic acids is 2. The first-order chi connectivity index (χ1) is 8.83. The first-order valence-corrected chi connectivity index (χ1v) is 6.15. The maximum absolute atomic E-state index is 11.8. The van der Waals surface area contributed by atoms with E-state index >= 15 is 0 Å². The minimum atomic E-state index is -1.07. The molecule has 110 valence electrons. The maximum Gasteiger partial charge on any atom is 0.326 e. The zero-order chi connectivity index (χ0) is 15.0. The van der Waals surface area contributed by atoms with Crippen LogP contribution >= 0.6 is 0 Å². The van der Waals surface area contributed by atoms with Crippen LogP contribution in [0, 0.1) is 5.92 Å². The fourth-order valence-corrected chi connectivity index (χ4v) is 1.57. The second kappa shape index (κ2) is 8.34. The Bertz CT molecular complexity index is 332. The minimum Gasteiger partial charge on any atom is -0.480 e. The molecule has 0 aromatic carbocycles. The summed E-state index contributed by atoms with van der Waals surface area (Å²) < 4.78 is 4.56. The molecule has 19 heavy (non-hydrogen) atoms. The second-order valence-corrected chi connectivity index (χ2v) is 4.43. The summed E-state index contributed by atoms with van der Waals surface area (Å²) >= 11 is 0. The number of carboxylic acids is 1. The predicted octanol–water partition coefficient (Wildman–Crippen LogP) is 0.690. The molecule has 0 spiro atoms. The van der Waals surface area contributed by atoms with Crippen LogP contribution in [0.15, 0.2) is 0 Å². The minimum absolute atomic E-state index is 0.164. The third kappa shape index (κ3) is 6.08. The number of ether oxygens (including phenoxy) is 1. The molecule has 2 N–H and O–H groups in total. The van der Waals surface area contributed by atoms with Crippen molar-refractivity contribution < 1.29 is 24.2 Å². The summed E-state index contributed by atoms with van der Waals surface area (Å²) in [5.41, 5.74) is 0. The molecule has 0 aliphatic rings. The fraction of sp³-hybridized carbons (Fsp3) is 0.750. The van der Waals surface area contributed by atoms with Crippen LogP contribution < -0.4 is 5.32 Å². The summed E-state index contributed by atoms with van der Waals surface area (Å²) in [6.45, 7) is 3.64. The Morgan fingerprint density at radius 1 is 1.37 bits per heavy atom. The highest BCUT2D eigenvalue weighted by Crippen LogP contribution is 2.03. The molecule has 0 bridgehead atoms. The summed E-state index contributed by atoms with van der Waals surface area (Å²) in [6, 6.07) is -1.43. The van der Waals surface area contributed by atoms with Gasteiger partial charge in [-0.15, -0.1) is 0 Å². The SMILES string of the molecule is CCC[C@@H](NC(=O)N(C)CC(C)C(=O)OC)C(=O)O. The van der Waals surface area contributed by atoms with E-state index in [-0.39, 0.29) is 6.54 Å². The average molecular weight is 274 g/mol. The summed E-state index contributed by atoms with van der Waals surface area (Å²) in [5.74, 6) is -1.94. The van der Waals surface area contributed by atoms with E-state index in [2.05, 4.69) is 10.1 Å². The van der Waals surface area contributed by atoms with Crippen molar-refractivity contribution in [2.75, 3.05) is 20.7 Å². The van der Waals surface area contributed by atoms with Crippen molar-refractivity contribution >= 4 is 18.0 Å². The van der Waals surface area contributed by atoms with Gasteiger partial charge in [-0.3, -0.25) is 4.79 Å². The van der Waals surface area contributed by atoms with E-state index in [1.54, 1.807) is 6.92 Å². The summed E-state index contributed by atoms with van der Waals surface area (Å²) in [7, 11) is 2.78. The molecular weight excluding hydrogens is 252 g/mol. The molecule has 2 atom stereocenters. The van der Waals surface area contributed by atoms with Crippen molar-refractivity contribution in [1.29, 1.82) is 0 Å². The zero-order valence-electron chi connectivity index (χ0n) is 11.8. The van der Waals surface area contributed by atoms with Gasteiger partial charge >= 0.3 is 18.0 Å². The molecule has 0 heterocycles. The van der Waals surface area contributed by atoms with E-state index in [0.29, 0.717) is 12.8 Å². The Labute approximate surface area is 112 Å². The number of urea groups is 1. The van der Waals surface area contributed by atoms with Crippen LogP contribution in [-0.2, 0) is 14.3 Å². The molecule has 2 amide bonds.